The molecule has 0 bridgehead atoms. The number of benzene rings is 1. The normalized spacial score (nSPS) is 23.4. The molecule has 0 amide bonds. The Kier molecular flexibility index (Phi) is 2.69. The number of hydrogen-bond acceptors (Lipinski definition) is 3. The maximum absolute atomic E-state index is 10.2. The van der Waals surface area contributed by atoms with Gasteiger partial charge < -0.3 is 10.2 Å². The van der Waals surface area contributed by atoms with Gasteiger partial charge in [-0.05, 0) is 29.9 Å². The maximum Gasteiger partial charge on any atom is 0.0928 e. The van der Waals surface area contributed by atoms with Crippen molar-refractivity contribution in [1.29, 1.82) is 0 Å². The van der Waals surface area contributed by atoms with Gasteiger partial charge in [-0.2, -0.15) is 0 Å². The van der Waals surface area contributed by atoms with Crippen LogP contribution in [0.3, 0.4) is 0 Å². The van der Waals surface area contributed by atoms with Crippen molar-refractivity contribution in [2.75, 3.05) is 13.1 Å². The number of hydrogen-bond donors (Lipinski definition) is 2. The molecule has 92 valence electrons. The number of rotatable bonds is 4. The third-order valence-corrected chi connectivity index (χ3v) is 3.94. The number of aliphatic hydroxyl groups is 2. The van der Waals surface area contributed by atoms with Gasteiger partial charge in [0.25, 0.3) is 0 Å². The molecule has 1 aliphatic heterocycles. The van der Waals surface area contributed by atoms with Gasteiger partial charge in [0.2, 0.25) is 0 Å². The first kappa shape index (κ1) is 11.2. The molecule has 1 saturated carbocycles. The van der Waals surface area contributed by atoms with Gasteiger partial charge in [0, 0.05) is 19.6 Å². The second kappa shape index (κ2) is 4.09. The molecule has 17 heavy (non-hydrogen) atoms. The number of likely N-dealkylation sites (tertiary alicyclic amines) is 1. The Bertz CT molecular complexity index is 391. The minimum absolute atomic E-state index is 0.103. The molecule has 3 heteroatoms. The van der Waals surface area contributed by atoms with E-state index < -0.39 is 0 Å². The molecule has 1 heterocycles. The van der Waals surface area contributed by atoms with Crippen LogP contribution in [-0.4, -0.2) is 33.8 Å². The first-order chi connectivity index (χ1) is 8.19. The first-order valence-corrected chi connectivity index (χ1v) is 6.33. The van der Waals surface area contributed by atoms with E-state index in [-0.39, 0.29) is 12.2 Å². The fourth-order valence-corrected chi connectivity index (χ4v) is 2.73. The Hall–Kier alpha value is -0.900. The predicted octanol–water partition coefficient (Wildman–Crippen LogP) is 1.14. The van der Waals surface area contributed by atoms with Gasteiger partial charge in [-0.25, -0.2) is 0 Å². The number of nitrogens with zero attached hydrogens (tertiary/aromatic N) is 1. The first-order valence-electron chi connectivity index (χ1n) is 6.33. The fraction of sp³-hybridized carbons (Fsp3) is 0.571. The van der Waals surface area contributed by atoms with Crippen LogP contribution in [0.5, 0.6) is 0 Å². The summed E-state index contributed by atoms with van der Waals surface area (Å²) in [4.78, 5) is 2.28. The monoisotopic (exact) mass is 233 g/mol. The van der Waals surface area contributed by atoms with Gasteiger partial charge in [0.15, 0.2) is 0 Å². The number of aliphatic hydroxyl groups excluding tert-OH is 1. The van der Waals surface area contributed by atoms with Crippen LogP contribution in [0.15, 0.2) is 24.3 Å². The van der Waals surface area contributed by atoms with Gasteiger partial charge in [0.05, 0.1) is 12.2 Å². The molecule has 0 spiro atoms. The summed E-state index contributed by atoms with van der Waals surface area (Å²) in [5.74, 6) is 0.565. The minimum Gasteiger partial charge on any atom is -0.392 e. The molecule has 1 aromatic rings. The molecule has 0 aromatic heterocycles. The van der Waals surface area contributed by atoms with E-state index in [0.717, 1.165) is 25.2 Å². The van der Waals surface area contributed by atoms with Crippen LogP contribution in [0.2, 0.25) is 0 Å². The van der Waals surface area contributed by atoms with Crippen molar-refractivity contribution >= 4 is 0 Å². The van der Waals surface area contributed by atoms with Crippen molar-refractivity contribution < 1.29 is 10.2 Å². The van der Waals surface area contributed by atoms with Crippen molar-refractivity contribution in [2.24, 2.45) is 5.92 Å². The van der Waals surface area contributed by atoms with Crippen LogP contribution in [-0.2, 0) is 13.2 Å². The summed E-state index contributed by atoms with van der Waals surface area (Å²) < 4.78 is 0. The molecule has 3 nitrogen and oxygen atoms in total. The summed E-state index contributed by atoms with van der Waals surface area (Å²) >= 11 is 0. The molecule has 0 radical (unpaired) electrons. The smallest absolute Gasteiger partial charge is 0.0928 e. The van der Waals surface area contributed by atoms with Crippen molar-refractivity contribution in [3.05, 3.63) is 35.4 Å². The lowest BCUT2D eigenvalue weighted by molar-refractivity contribution is -0.116. The largest absolute Gasteiger partial charge is 0.392 e. The molecule has 1 aromatic carbocycles. The molecule has 2 fully saturated rings. The average molecular weight is 233 g/mol. The van der Waals surface area contributed by atoms with Crippen molar-refractivity contribution in [1.82, 2.24) is 4.90 Å². The highest BCUT2D eigenvalue weighted by molar-refractivity contribution is 5.22. The Balaban J connectivity index is 1.54. The zero-order valence-electron chi connectivity index (χ0n) is 9.97. The summed E-state index contributed by atoms with van der Waals surface area (Å²) in [5.41, 5.74) is 1.82. The van der Waals surface area contributed by atoms with Gasteiger partial charge >= 0.3 is 0 Å². The van der Waals surface area contributed by atoms with E-state index >= 15 is 0 Å². The fourth-order valence-electron chi connectivity index (χ4n) is 2.73. The van der Waals surface area contributed by atoms with Crippen molar-refractivity contribution in [3.63, 3.8) is 0 Å². The Morgan fingerprint density at radius 1 is 1.12 bits per heavy atom. The van der Waals surface area contributed by atoms with E-state index in [2.05, 4.69) is 17.0 Å². The van der Waals surface area contributed by atoms with E-state index in [1.54, 1.807) is 0 Å². The Labute approximate surface area is 102 Å². The quantitative estimate of drug-likeness (QED) is 0.819. The Morgan fingerprint density at radius 2 is 1.71 bits per heavy atom. The highest BCUT2D eigenvalue weighted by atomic mass is 16.3. The zero-order chi connectivity index (χ0) is 11.9. The highest BCUT2D eigenvalue weighted by Crippen LogP contribution is 2.44. The maximum atomic E-state index is 10.2. The lowest BCUT2D eigenvalue weighted by Gasteiger charge is -2.47. The molecule has 0 atom stereocenters. The molecule has 0 unspecified atom stereocenters. The van der Waals surface area contributed by atoms with Crippen LogP contribution in [0, 0.1) is 5.92 Å². The van der Waals surface area contributed by atoms with E-state index in [1.165, 1.54) is 18.4 Å². The van der Waals surface area contributed by atoms with Gasteiger partial charge in [-0.15, -0.1) is 0 Å². The van der Waals surface area contributed by atoms with E-state index in [1.807, 2.05) is 12.1 Å². The van der Waals surface area contributed by atoms with E-state index in [9.17, 15) is 5.11 Å². The van der Waals surface area contributed by atoms with Crippen LogP contribution in [0.25, 0.3) is 0 Å². The van der Waals surface area contributed by atoms with Crippen LogP contribution in [0.1, 0.15) is 24.0 Å². The molecule has 3 rings (SSSR count). The third kappa shape index (κ3) is 2.23. The SMILES string of the molecule is OCc1ccc(CN2CC(O)(C3CC3)C2)cc1. The molecule has 1 aliphatic carbocycles. The van der Waals surface area contributed by atoms with Gasteiger partial charge in [-0.3, -0.25) is 4.90 Å². The zero-order valence-corrected chi connectivity index (χ0v) is 9.97. The third-order valence-electron chi connectivity index (χ3n) is 3.94. The van der Waals surface area contributed by atoms with Gasteiger partial charge in [-0.1, -0.05) is 24.3 Å². The standard InChI is InChI=1S/C14H19NO2/c16-8-12-3-1-11(2-4-12)7-15-9-14(17,10-15)13-5-6-13/h1-4,13,16-17H,5-10H2. The van der Waals surface area contributed by atoms with Gasteiger partial charge in [0.1, 0.15) is 0 Å². The van der Waals surface area contributed by atoms with Crippen LogP contribution < -0.4 is 0 Å². The number of β-amino-alcohol motifs (C(OH)–C–C–N with tert-alkyl or cyclic N) is 1. The topological polar surface area (TPSA) is 43.7 Å². The molecular weight excluding hydrogens is 214 g/mol. The molecule has 2 aliphatic rings. The predicted molar refractivity (Wildman–Crippen MR) is 65.3 cm³/mol. The minimum atomic E-state index is -0.384. The van der Waals surface area contributed by atoms with Crippen LogP contribution >= 0.6 is 0 Å². The molecular formula is C14H19NO2. The summed E-state index contributed by atoms with van der Waals surface area (Å²) in [6.07, 6.45) is 2.41. The summed E-state index contributed by atoms with van der Waals surface area (Å²) in [6, 6.07) is 8.03. The van der Waals surface area contributed by atoms with Crippen LogP contribution in [0.4, 0.5) is 0 Å². The van der Waals surface area contributed by atoms with E-state index in [4.69, 9.17) is 5.11 Å². The molecule has 2 N–H and O–H groups in total. The Morgan fingerprint density at radius 3 is 2.24 bits per heavy atom. The van der Waals surface area contributed by atoms with Crippen molar-refractivity contribution in [2.45, 2.75) is 31.6 Å². The second-order valence-corrected chi connectivity index (χ2v) is 5.50. The summed E-state index contributed by atoms with van der Waals surface area (Å²) in [6.45, 7) is 2.64. The van der Waals surface area contributed by atoms with Crippen molar-refractivity contribution in [3.8, 4) is 0 Å². The highest BCUT2D eigenvalue weighted by Gasteiger charge is 2.51. The molecule has 1 saturated heterocycles. The summed E-state index contributed by atoms with van der Waals surface area (Å²) in [5, 5.41) is 19.2. The van der Waals surface area contributed by atoms with E-state index in [0.29, 0.717) is 5.92 Å². The lowest BCUT2D eigenvalue weighted by Crippen LogP contribution is -2.62. The second-order valence-electron chi connectivity index (χ2n) is 5.50. The lowest BCUT2D eigenvalue weighted by atomic mass is 9.88. The average Bonchev–Trinajstić information content (AvgIpc) is 3.12. The summed E-state index contributed by atoms with van der Waals surface area (Å²) in [7, 11) is 0.